The molecule has 0 bridgehead atoms. The zero-order valence-corrected chi connectivity index (χ0v) is 13.2. The lowest BCUT2D eigenvalue weighted by Crippen LogP contribution is -2.21. The molecule has 0 spiro atoms. The zero-order valence-electron chi connectivity index (χ0n) is 13.2. The highest BCUT2D eigenvalue weighted by Gasteiger charge is 2.02. The molecule has 0 fully saturated rings. The number of allylic oxidation sites excluding steroid dienone is 1. The summed E-state index contributed by atoms with van der Waals surface area (Å²) < 4.78 is 0. The molecule has 0 aliphatic carbocycles. The Kier molecular flexibility index (Phi) is 9.21. The van der Waals surface area contributed by atoms with Crippen molar-refractivity contribution < 1.29 is 9.63 Å². The Morgan fingerprint density at radius 1 is 1.10 bits per heavy atom. The van der Waals surface area contributed by atoms with E-state index in [1.54, 1.807) is 12.1 Å². The first-order chi connectivity index (χ1) is 10.3. The van der Waals surface area contributed by atoms with Crippen molar-refractivity contribution in [2.24, 2.45) is 0 Å². The minimum absolute atomic E-state index is 0.222. The topological polar surface area (TPSA) is 38.3 Å². The molecule has 0 radical (unpaired) electrons. The molecule has 0 saturated heterocycles. The van der Waals surface area contributed by atoms with Crippen LogP contribution in [0.5, 0.6) is 0 Å². The highest BCUT2D eigenvalue weighted by atomic mass is 16.6. The lowest BCUT2D eigenvalue weighted by atomic mass is 10.1. The van der Waals surface area contributed by atoms with Crippen LogP contribution in [0.3, 0.4) is 0 Å². The van der Waals surface area contributed by atoms with Crippen molar-refractivity contribution in [1.29, 1.82) is 0 Å². The van der Waals surface area contributed by atoms with E-state index in [0.29, 0.717) is 5.56 Å². The molecule has 1 rings (SSSR count). The number of amides is 1. The predicted molar refractivity (Wildman–Crippen MR) is 87.9 cm³/mol. The zero-order chi connectivity index (χ0) is 15.3. The second kappa shape index (κ2) is 11.1. The molecule has 0 aliphatic rings. The van der Waals surface area contributed by atoms with Crippen LogP contribution in [0.4, 0.5) is 0 Å². The minimum Gasteiger partial charge on any atom is -0.277 e. The average Bonchev–Trinajstić information content (AvgIpc) is 2.51. The van der Waals surface area contributed by atoms with Gasteiger partial charge in [0, 0.05) is 5.56 Å². The first-order valence-electron chi connectivity index (χ1n) is 7.88. The number of rotatable bonds is 10. The maximum absolute atomic E-state index is 11.5. The fraction of sp³-hybridized carbons (Fsp3) is 0.500. The minimum atomic E-state index is -0.222. The van der Waals surface area contributed by atoms with Crippen molar-refractivity contribution in [2.75, 3.05) is 7.11 Å². The monoisotopic (exact) mass is 289 g/mol. The van der Waals surface area contributed by atoms with Gasteiger partial charge in [0.1, 0.15) is 0 Å². The van der Waals surface area contributed by atoms with Crippen LogP contribution in [0.2, 0.25) is 0 Å². The molecular formula is C18H27NO2. The van der Waals surface area contributed by atoms with Gasteiger partial charge < -0.3 is 0 Å². The molecule has 1 aromatic rings. The average molecular weight is 289 g/mol. The van der Waals surface area contributed by atoms with Crippen LogP contribution in [0.25, 0.3) is 6.08 Å². The molecule has 1 aromatic carbocycles. The van der Waals surface area contributed by atoms with Crippen molar-refractivity contribution >= 4 is 12.0 Å². The normalized spacial score (nSPS) is 11.0. The Labute approximate surface area is 128 Å². The molecule has 0 saturated carbocycles. The van der Waals surface area contributed by atoms with E-state index in [9.17, 15) is 4.79 Å². The van der Waals surface area contributed by atoms with Gasteiger partial charge in [-0.2, -0.15) is 0 Å². The van der Waals surface area contributed by atoms with Gasteiger partial charge in [0.2, 0.25) is 0 Å². The fourth-order valence-electron chi connectivity index (χ4n) is 2.16. The van der Waals surface area contributed by atoms with Crippen molar-refractivity contribution in [3.05, 3.63) is 41.5 Å². The number of nitrogens with one attached hydrogen (secondary N) is 1. The van der Waals surface area contributed by atoms with Gasteiger partial charge in [-0.05, 0) is 30.5 Å². The Bertz CT molecular complexity index is 423. The molecule has 0 aromatic heterocycles. The van der Waals surface area contributed by atoms with Gasteiger partial charge in [0.05, 0.1) is 7.11 Å². The van der Waals surface area contributed by atoms with Crippen molar-refractivity contribution in [3.63, 3.8) is 0 Å². The van der Waals surface area contributed by atoms with Gasteiger partial charge in [0.25, 0.3) is 5.91 Å². The molecule has 1 N–H and O–H groups in total. The lowest BCUT2D eigenvalue weighted by Gasteiger charge is -2.02. The third kappa shape index (κ3) is 7.66. The van der Waals surface area contributed by atoms with E-state index in [4.69, 9.17) is 0 Å². The summed E-state index contributed by atoms with van der Waals surface area (Å²) in [5.41, 5.74) is 4.03. The van der Waals surface area contributed by atoms with Gasteiger partial charge in [0.15, 0.2) is 0 Å². The van der Waals surface area contributed by atoms with E-state index in [1.807, 2.05) is 12.1 Å². The number of hydrogen-bond acceptors (Lipinski definition) is 2. The lowest BCUT2D eigenvalue weighted by molar-refractivity contribution is 0.0537. The van der Waals surface area contributed by atoms with E-state index in [1.165, 1.54) is 45.6 Å². The highest BCUT2D eigenvalue weighted by molar-refractivity contribution is 5.93. The molecule has 0 atom stereocenters. The van der Waals surface area contributed by atoms with Gasteiger partial charge in [-0.15, -0.1) is 0 Å². The van der Waals surface area contributed by atoms with Crippen LogP contribution >= 0.6 is 0 Å². The van der Waals surface area contributed by atoms with Crippen LogP contribution in [0.1, 0.15) is 67.8 Å². The second-order valence-corrected chi connectivity index (χ2v) is 5.22. The van der Waals surface area contributed by atoms with Crippen LogP contribution in [0, 0.1) is 0 Å². The number of unbranched alkanes of at least 4 members (excludes halogenated alkanes) is 6. The van der Waals surface area contributed by atoms with Crippen LogP contribution < -0.4 is 5.48 Å². The molecule has 0 heterocycles. The summed E-state index contributed by atoms with van der Waals surface area (Å²) in [7, 11) is 1.43. The summed E-state index contributed by atoms with van der Waals surface area (Å²) in [5, 5.41) is 0. The van der Waals surface area contributed by atoms with Gasteiger partial charge in [-0.25, -0.2) is 5.48 Å². The summed E-state index contributed by atoms with van der Waals surface area (Å²) in [6.45, 7) is 2.24. The van der Waals surface area contributed by atoms with E-state index in [-0.39, 0.29) is 5.91 Å². The SMILES string of the molecule is CCCCCCCCC=Cc1ccc(C(=O)NOC)cc1. The summed E-state index contributed by atoms with van der Waals surface area (Å²) >= 11 is 0. The fourth-order valence-corrected chi connectivity index (χ4v) is 2.16. The first-order valence-corrected chi connectivity index (χ1v) is 7.88. The Hall–Kier alpha value is -1.61. The maximum atomic E-state index is 11.5. The Balaban J connectivity index is 2.25. The summed E-state index contributed by atoms with van der Waals surface area (Å²) in [6.07, 6.45) is 13.4. The largest absolute Gasteiger partial charge is 0.277 e. The second-order valence-electron chi connectivity index (χ2n) is 5.22. The standard InChI is InChI=1S/C18H27NO2/c1-3-4-5-6-7-8-9-10-11-16-12-14-17(15-13-16)18(20)19-21-2/h10-15H,3-9H2,1-2H3,(H,19,20). The summed E-state index contributed by atoms with van der Waals surface area (Å²) in [4.78, 5) is 16.1. The number of hydrogen-bond donors (Lipinski definition) is 1. The molecule has 0 aliphatic heterocycles. The van der Waals surface area contributed by atoms with Gasteiger partial charge in [-0.1, -0.05) is 63.3 Å². The molecule has 1 amide bonds. The van der Waals surface area contributed by atoms with Crippen LogP contribution in [-0.4, -0.2) is 13.0 Å². The third-order valence-electron chi connectivity index (χ3n) is 3.40. The van der Waals surface area contributed by atoms with Crippen LogP contribution in [-0.2, 0) is 4.84 Å². The quantitative estimate of drug-likeness (QED) is 0.499. The van der Waals surface area contributed by atoms with E-state index in [2.05, 4.69) is 29.4 Å². The van der Waals surface area contributed by atoms with E-state index < -0.39 is 0 Å². The molecule has 21 heavy (non-hydrogen) atoms. The maximum Gasteiger partial charge on any atom is 0.274 e. The highest BCUT2D eigenvalue weighted by Crippen LogP contribution is 2.10. The number of hydroxylamine groups is 1. The number of benzene rings is 1. The summed E-state index contributed by atoms with van der Waals surface area (Å²) in [6, 6.07) is 7.50. The summed E-state index contributed by atoms with van der Waals surface area (Å²) in [5.74, 6) is -0.222. The van der Waals surface area contributed by atoms with Crippen LogP contribution in [0.15, 0.2) is 30.3 Å². The van der Waals surface area contributed by atoms with E-state index in [0.717, 1.165) is 12.0 Å². The molecule has 3 nitrogen and oxygen atoms in total. The third-order valence-corrected chi connectivity index (χ3v) is 3.40. The van der Waals surface area contributed by atoms with E-state index >= 15 is 0 Å². The van der Waals surface area contributed by atoms with Gasteiger partial charge >= 0.3 is 0 Å². The first kappa shape index (κ1) is 17.4. The smallest absolute Gasteiger partial charge is 0.274 e. The Morgan fingerprint density at radius 3 is 2.43 bits per heavy atom. The Morgan fingerprint density at radius 2 is 1.76 bits per heavy atom. The molecule has 0 unspecified atom stereocenters. The van der Waals surface area contributed by atoms with Crippen molar-refractivity contribution in [1.82, 2.24) is 5.48 Å². The molecule has 3 heteroatoms. The number of carbonyl (C=O) groups excluding carboxylic acids is 1. The van der Waals surface area contributed by atoms with Crippen molar-refractivity contribution in [2.45, 2.75) is 51.9 Å². The molecular weight excluding hydrogens is 262 g/mol. The van der Waals surface area contributed by atoms with Gasteiger partial charge in [-0.3, -0.25) is 9.63 Å². The van der Waals surface area contributed by atoms with Crippen molar-refractivity contribution in [3.8, 4) is 0 Å². The number of carbonyl (C=O) groups is 1. The predicted octanol–water partition coefficient (Wildman–Crippen LogP) is 4.74. The molecule has 116 valence electrons.